The van der Waals surface area contributed by atoms with Crippen LogP contribution in [0, 0.1) is 0 Å². The van der Waals surface area contributed by atoms with Gasteiger partial charge in [-0.3, -0.25) is 4.79 Å². The van der Waals surface area contributed by atoms with Gasteiger partial charge in [-0.15, -0.1) is 0 Å². The second-order valence-corrected chi connectivity index (χ2v) is 5.71. The molecule has 0 saturated heterocycles. The Bertz CT molecular complexity index is 678. The number of carbonyl (C=O) groups is 1. The molecule has 1 amide bonds. The van der Waals surface area contributed by atoms with Crippen LogP contribution in [0.1, 0.15) is 28.8 Å². The Morgan fingerprint density at radius 1 is 1.23 bits per heavy atom. The highest BCUT2D eigenvalue weighted by Crippen LogP contribution is 2.47. The number of rotatable bonds is 5. The second kappa shape index (κ2) is 5.72. The molecule has 4 nitrogen and oxygen atoms in total. The van der Waals surface area contributed by atoms with Gasteiger partial charge in [0.1, 0.15) is 11.5 Å². The van der Waals surface area contributed by atoms with Crippen molar-refractivity contribution in [2.45, 2.75) is 18.3 Å². The molecule has 0 aliphatic heterocycles. The van der Waals surface area contributed by atoms with Crippen LogP contribution in [0.3, 0.4) is 0 Å². The van der Waals surface area contributed by atoms with E-state index in [9.17, 15) is 9.90 Å². The van der Waals surface area contributed by atoms with E-state index in [1.54, 1.807) is 12.1 Å². The van der Waals surface area contributed by atoms with Gasteiger partial charge in [0.25, 0.3) is 5.91 Å². The zero-order valence-electron chi connectivity index (χ0n) is 12.5. The fourth-order valence-electron chi connectivity index (χ4n) is 2.68. The Kier molecular flexibility index (Phi) is 3.75. The molecule has 114 valence electrons. The van der Waals surface area contributed by atoms with Crippen molar-refractivity contribution in [1.29, 1.82) is 0 Å². The van der Waals surface area contributed by atoms with Crippen molar-refractivity contribution in [3.63, 3.8) is 0 Å². The lowest BCUT2D eigenvalue weighted by Gasteiger charge is -2.17. The summed E-state index contributed by atoms with van der Waals surface area (Å²) in [5.41, 5.74) is 1.54. The topological polar surface area (TPSA) is 58.6 Å². The normalized spacial score (nSPS) is 15.1. The largest absolute Gasteiger partial charge is 0.507 e. The molecule has 0 bridgehead atoms. The van der Waals surface area contributed by atoms with Crippen LogP contribution in [0.2, 0.25) is 0 Å². The number of aromatic hydroxyl groups is 1. The fraction of sp³-hybridized carbons (Fsp3) is 0.278. The average molecular weight is 297 g/mol. The van der Waals surface area contributed by atoms with Gasteiger partial charge in [-0.25, -0.2) is 0 Å². The van der Waals surface area contributed by atoms with Crippen LogP contribution in [0.15, 0.2) is 48.5 Å². The summed E-state index contributed by atoms with van der Waals surface area (Å²) in [6.07, 6.45) is 2.14. The number of amides is 1. The smallest absolute Gasteiger partial charge is 0.255 e. The van der Waals surface area contributed by atoms with Crippen molar-refractivity contribution < 1.29 is 14.6 Å². The zero-order valence-corrected chi connectivity index (χ0v) is 12.5. The Morgan fingerprint density at radius 3 is 2.59 bits per heavy atom. The summed E-state index contributed by atoms with van der Waals surface area (Å²) in [7, 11) is 1.53. The van der Waals surface area contributed by atoms with Gasteiger partial charge in [0.2, 0.25) is 0 Å². The van der Waals surface area contributed by atoms with Gasteiger partial charge in [-0.05, 0) is 36.6 Å². The van der Waals surface area contributed by atoms with Crippen LogP contribution in [-0.2, 0) is 5.41 Å². The van der Waals surface area contributed by atoms with Crippen molar-refractivity contribution in [2.24, 2.45) is 0 Å². The van der Waals surface area contributed by atoms with E-state index in [0.717, 1.165) is 12.8 Å². The third kappa shape index (κ3) is 2.77. The van der Waals surface area contributed by atoms with Crippen molar-refractivity contribution >= 4 is 5.91 Å². The molecule has 0 aromatic heterocycles. The first kappa shape index (κ1) is 14.4. The van der Waals surface area contributed by atoms with E-state index in [1.165, 1.54) is 18.7 Å². The molecule has 1 aliphatic carbocycles. The molecule has 0 unspecified atom stereocenters. The Labute approximate surface area is 129 Å². The molecule has 0 atom stereocenters. The summed E-state index contributed by atoms with van der Waals surface area (Å²) in [6.45, 7) is 0.576. The lowest BCUT2D eigenvalue weighted by Crippen LogP contribution is -2.32. The summed E-state index contributed by atoms with van der Waals surface area (Å²) >= 11 is 0. The number of phenolic OH excluding ortho intramolecular Hbond substituents is 1. The van der Waals surface area contributed by atoms with E-state index in [-0.39, 0.29) is 22.6 Å². The van der Waals surface area contributed by atoms with Crippen LogP contribution in [0.4, 0.5) is 0 Å². The first-order chi connectivity index (χ1) is 10.6. The van der Waals surface area contributed by atoms with Crippen LogP contribution >= 0.6 is 0 Å². The maximum Gasteiger partial charge on any atom is 0.255 e. The van der Waals surface area contributed by atoms with E-state index in [0.29, 0.717) is 12.3 Å². The first-order valence-electron chi connectivity index (χ1n) is 7.35. The van der Waals surface area contributed by atoms with Gasteiger partial charge in [0, 0.05) is 12.0 Å². The number of carbonyl (C=O) groups excluding carboxylic acids is 1. The molecule has 2 aromatic carbocycles. The molecule has 4 heteroatoms. The maximum absolute atomic E-state index is 12.3. The fourth-order valence-corrected chi connectivity index (χ4v) is 2.68. The van der Waals surface area contributed by atoms with Crippen molar-refractivity contribution in [2.75, 3.05) is 13.7 Å². The van der Waals surface area contributed by atoms with E-state index in [1.807, 2.05) is 18.2 Å². The van der Waals surface area contributed by atoms with Crippen LogP contribution in [-0.4, -0.2) is 24.7 Å². The molecule has 1 fully saturated rings. The lowest BCUT2D eigenvalue weighted by molar-refractivity contribution is 0.0946. The Hall–Kier alpha value is -2.49. The van der Waals surface area contributed by atoms with Crippen molar-refractivity contribution in [3.8, 4) is 11.5 Å². The molecule has 0 spiro atoms. The molecule has 0 heterocycles. The molecule has 0 radical (unpaired) electrons. The quantitative estimate of drug-likeness (QED) is 0.892. The van der Waals surface area contributed by atoms with Gasteiger partial charge >= 0.3 is 0 Å². The first-order valence-corrected chi connectivity index (χ1v) is 7.35. The predicted molar refractivity (Wildman–Crippen MR) is 84.3 cm³/mol. The molecule has 1 aliphatic rings. The van der Waals surface area contributed by atoms with E-state index >= 15 is 0 Å². The summed E-state index contributed by atoms with van der Waals surface area (Å²) in [6, 6.07) is 14.9. The molecule has 2 N–H and O–H groups in total. The molecular formula is C18H19NO3. The highest BCUT2D eigenvalue weighted by Gasteiger charge is 2.44. The third-order valence-corrected chi connectivity index (χ3v) is 4.28. The number of phenols is 1. The Morgan fingerprint density at radius 2 is 1.95 bits per heavy atom. The predicted octanol–water partition coefficient (Wildman–Crippen LogP) is 2.86. The Balaban J connectivity index is 1.71. The lowest BCUT2D eigenvalue weighted by atomic mass is 9.96. The highest BCUT2D eigenvalue weighted by atomic mass is 16.5. The van der Waals surface area contributed by atoms with Gasteiger partial charge in [-0.2, -0.15) is 0 Å². The molecule has 3 rings (SSSR count). The van der Waals surface area contributed by atoms with Gasteiger partial charge in [0.05, 0.1) is 12.7 Å². The SMILES string of the molecule is COc1ccc(O)c(C(=O)NCC2(c3ccccc3)CC2)c1. The van der Waals surface area contributed by atoms with E-state index in [2.05, 4.69) is 17.4 Å². The highest BCUT2D eigenvalue weighted by molar-refractivity contribution is 5.97. The number of hydrogen-bond donors (Lipinski definition) is 2. The number of hydrogen-bond acceptors (Lipinski definition) is 3. The molecule has 2 aromatic rings. The van der Waals surface area contributed by atoms with Gasteiger partial charge < -0.3 is 15.2 Å². The van der Waals surface area contributed by atoms with Crippen LogP contribution in [0.25, 0.3) is 0 Å². The number of ether oxygens (including phenoxy) is 1. The standard InChI is InChI=1S/C18H19NO3/c1-22-14-7-8-16(20)15(11-14)17(21)19-12-18(9-10-18)13-5-3-2-4-6-13/h2-8,11,20H,9-10,12H2,1H3,(H,19,21). The number of methoxy groups -OCH3 is 1. The van der Waals surface area contributed by atoms with Gasteiger partial charge in [0.15, 0.2) is 0 Å². The van der Waals surface area contributed by atoms with Crippen LogP contribution in [0.5, 0.6) is 11.5 Å². The molecule has 1 saturated carbocycles. The van der Waals surface area contributed by atoms with Gasteiger partial charge in [-0.1, -0.05) is 30.3 Å². The molecule has 22 heavy (non-hydrogen) atoms. The maximum atomic E-state index is 12.3. The summed E-state index contributed by atoms with van der Waals surface area (Å²) in [5, 5.41) is 12.8. The van der Waals surface area contributed by atoms with E-state index < -0.39 is 0 Å². The minimum absolute atomic E-state index is 0.0390. The average Bonchev–Trinajstić information content (AvgIpc) is 3.35. The summed E-state index contributed by atoms with van der Waals surface area (Å²) in [5.74, 6) is 0.230. The zero-order chi connectivity index (χ0) is 15.6. The minimum Gasteiger partial charge on any atom is -0.507 e. The van der Waals surface area contributed by atoms with E-state index in [4.69, 9.17) is 4.74 Å². The summed E-state index contributed by atoms with van der Waals surface area (Å²) < 4.78 is 5.10. The second-order valence-electron chi connectivity index (χ2n) is 5.71. The monoisotopic (exact) mass is 297 g/mol. The summed E-state index contributed by atoms with van der Waals surface area (Å²) in [4.78, 5) is 12.3. The number of nitrogens with one attached hydrogen (secondary N) is 1. The molecular weight excluding hydrogens is 278 g/mol. The van der Waals surface area contributed by atoms with Crippen molar-refractivity contribution in [1.82, 2.24) is 5.32 Å². The van der Waals surface area contributed by atoms with Crippen LogP contribution < -0.4 is 10.1 Å². The van der Waals surface area contributed by atoms with Crippen molar-refractivity contribution in [3.05, 3.63) is 59.7 Å². The third-order valence-electron chi connectivity index (χ3n) is 4.28. The number of benzene rings is 2. The minimum atomic E-state index is -0.279.